The summed E-state index contributed by atoms with van der Waals surface area (Å²) in [6.07, 6.45) is 6.45. The van der Waals surface area contributed by atoms with Gasteiger partial charge in [-0.25, -0.2) is 0 Å². The molecule has 3 nitrogen and oxygen atoms in total. The van der Waals surface area contributed by atoms with Crippen LogP contribution in [0.2, 0.25) is 0 Å². The molecule has 0 aromatic heterocycles. The van der Waals surface area contributed by atoms with E-state index in [-0.39, 0.29) is 6.10 Å². The fourth-order valence-electron chi connectivity index (χ4n) is 2.81. The summed E-state index contributed by atoms with van der Waals surface area (Å²) in [5.74, 6) is 2.05. The topological polar surface area (TPSA) is 30.5 Å². The summed E-state index contributed by atoms with van der Waals surface area (Å²) in [6.45, 7) is 9.03. The van der Waals surface area contributed by atoms with Crippen molar-refractivity contribution in [3.8, 4) is 11.5 Å². The Balaban J connectivity index is 1.93. The third-order valence-electron chi connectivity index (χ3n) is 3.90. The average molecular weight is 291 g/mol. The molecule has 0 saturated carbocycles. The second-order valence-electron chi connectivity index (χ2n) is 5.87. The molecule has 1 aliphatic rings. The summed E-state index contributed by atoms with van der Waals surface area (Å²) in [5, 5.41) is 3.53. The first-order chi connectivity index (χ1) is 10.2. The normalized spacial score (nSPS) is 16.6. The van der Waals surface area contributed by atoms with Crippen LogP contribution in [0.15, 0.2) is 12.1 Å². The van der Waals surface area contributed by atoms with Crippen LogP contribution >= 0.6 is 0 Å². The molecule has 1 atom stereocenters. The first-order valence-corrected chi connectivity index (χ1v) is 8.40. The van der Waals surface area contributed by atoms with Gasteiger partial charge in [0.1, 0.15) is 17.6 Å². The number of ether oxygens (including phenoxy) is 2. The van der Waals surface area contributed by atoms with Gasteiger partial charge < -0.3 is 14.8 Å². The quantitative estimate of drug-likeness (QED) is 0.695. The minimum atomic E-state index is 0.284. The van der Waals surface area contributed by atoms with E-state index < -0.39 is 0 Å². The molecule has 118 valence electrons. The van der Waals surface area contributed by atoms with E-state index in [9.17, 15) is 0 Å². The Morgan fingerprint density at radius 1 is 1.24 bits per heavy atom. The largest absolute Gasteiger partial charge is 0.494 e. The summed E-state index contributed by atoms with van der Waals surface area (Å²) in [5.41, 5.74) is 2.48. The lowest BCUT2D eigenvalue weighted by Crippen LogP contribution is -2.15. The molecule has 1 aromatic rings. The van der Waals surface area contributed by atoms with Crippen LogP contribution in [0.5, 0.6) is 11.5 Å². The van der Waals surface area contributed by atoms with Gasteiger partial charge in [-0.1, -0.05) is 26.2 Å². The van der Waals surface area contributed by atoms with Crippen molar-refractivity contribution in [2.24, 2.45) is 0 Å². The number of hydrogen-bond donors (Lipinski definition) is 1. The fourth-order valence-corrected chi connectivity index (χ4v) is 2.81. The van der Waals surface area contributed by atoms with Crippen LogP contribution < -0.4 is 14.8 Å². The van der Waals surface area contributed by atoms with Crippen molar-refractivity contribution < 1.29 is 9.47 Å². The molecule has 2 rings (SSSR count). The Morgan fingerprint density at radius 2 is 2.10 bits per heavy atom. The molecule has 0 saturated heterocycles. The first-order valence-electron chi connectivity index (χ1n) is 8.40. The molecule has 1 aliphatic heterocycles. The molecule has 1 aromatic carbocycles. The Hall–Kier alpha value is -1.22. The number of unbranched alkanes of at least 4 members (excludes halogenated alkanes) is 3. The first kappa shape index (κ1) is 16.2. The third kappa shape index (κ3) is 4.63. The van der Waals surface area contributed by atoms with Crippen molar-refractivity contribution in [3.05, 3.63) is 23.3 Å². The van der Waals surface area contributed by atoms with Gasteiger partial charge in [-0.3, -0.25) is 0 Å². The lowest BCUT2D eigenvalue weighted by molar-refractivity contribution is 0.254. The number of hydrogen-bond acceptors (Lipinski definition) is 3. The molecular formula is C18H29NO2. The maximum absolute atomic E-state index is 5.86. The molecule has 0 amide bonds. The maximum atomic E-state index is 5.86. The summed E-state index contributed by atoms with van der Waals surface area (Å²) in [7, 11) is 0. The van der Waals surface area contributed by atoms with Crippen LogP contribution in [-0.4, -0.2) is 19.3 Å². The standard InChI is InChI=1S/C18H29NO2/c1-4-6-7-8-9-19-13-16-12-18-15(10-14(3)21-18)11-17(16)20-5-2/h11-12,14,19H,4-10,13H2,1-3H3. The molecule has 1 heterocycles. The van der Waals surface area contributed by atoms with Gasteiger partial charge in [0, 0.05) is 24.1 Å². The van der Waals surface area contributed by atoms with Gasteiger partial charge in [0.2, 0.25) is 0 Å². The minimum Gasteiger partial charge on any atom is -0.494 e. The molecule has 21 heavy (non-hydrogen) atoms. The van der Waals surface area contributed by atoms with Gasteiger partial charge >= 0.3 is 0 Å². The summed E-state index contributed by atoms with van der Waals surface area (Å²) >= 11 is 0. The van der Waals surface area contributed by atoms with Crippen LogP contribution in [0.25, 0.3) is 0 Å². The number of rotatable bonds is 9. The summed E-state index contributed by atoms with van der Waals surface area (Å²) < 4.78 is 11.7. The number of fused-ring (bicyclic) bond motifs is 1. The highest BCUT2D eigenvalue weighted by atomic mass is 16.5. The van der Waals surface area contributed by atoms with E-state index in [0.717, 1.165) is 31.0 Å². The lowest BCUT2D eigenvalue weighted by Gasteiger charge is -2.13. The molecule has 0 aliphatic carbocycles. The Morgan fingerprint density at radius 3 is 2.86 bits per heavy atom. The maximum Gasteiger partial charge on any atom is 0.124 e. The molecular weight excluding hydrogens is 262 g/mol. The predicted octanol–water partition coefficient (Wildman–Crippen LogP) is 4.08. The molecule has 0 radical (unpaired) electrons. The van der Waals surface area contributed by atoms with Gasteiger partial charge in [-0.2, -0.15) is 0 Å². The minimum absolute atomic E-state index is 0.284. The van der Waals surface area contributed by atoms with Crippen molar-refractivity contribution in [1.29, 1.82) is 0 Å². The highest BCUT2D eigenvalue weighted by Crippen LogP contribution is 2.35. The Labute approximate surface area is 129 Å². The number of nitrogens with one attached hydrogen (secondary N) is 1. The van der Waals surface area contributed by atoms with Crippen molar-refractivity contribution in [2.45, 2.75) is 65.5 Å². The SMILES string of the molecule is CCCCCCNCc1cc2c(cc1OCC)CC(C)O2. The van der Waals surface area contributed by atoms with Crippen molar-refractivity contribution in [1.82, 2.24) is 5.32 Å². The smallest absolute Gasteiger partial charge is 0.124 e. The number of benzene rings is 1. The van der Waals surface area contributed by atoms with Crippen LogP contribution in [0, 0.1) is 0 Å². The summed E-state index contributed by atoms with van der Waals surface area (Å²) in [4.78, 5) is 0. The van der Waals surface area contributed by atoms with E-state index in [1.54, 1.807) is 0 Å². The van der Waals surface area contributed by atoms with Crippen molar-refractivity contribution in [3.63, 3.8) is 0 Å². The van der Waals surface area contributed by atoms with Crippen LogP contribution in [0.4, 0.5) is 0 Å². The zero-order valence-electron chi connectivity index (χ0n) is 13.7. The zero-order chi connectivity index (χ0) is 15.1. The fraction of sp³-hybridized carbons (Fsp3) is 0.667. The molecule has 0 fully saturated rings. The second-order valence-corrected chi connectivity index (χ2v) is 5.87. The highest BCUT2D eigenvalue weighted by Gasteiger charge is 2.21. The van der Waals surface area contributed by atoms with Crippen LogP contribution in [0.1, 0.15) is 57.6 Å². The lowest BCUT2D eigenvalue weighted by atomic mass is 10.1. The monoisotopic (exact) mass is 291 g/mol. The van der Waals surface area contributed by atoms with E-state index in [1.807, 2.05) is 6.92 Å². The van der Waals surface area contributed by atoms with E-state index in [2.05, 4.69) is 31.3 Å². The molecule has 3 heteroatoms. The van der Waals surface area contributed by atoms with E-state index >= 15 is 0 Å². The van der Waals surface area contributed by atoms with Crippen LogP contribution in [-0.2, 0) is 13.0 Å². The molecule has 1 unspecified atom stereocenters. The van der Waals surface area contributed by atoms with Crippen molar-refractivity contribution in [2.75, 3.05) is 13.2 Å². The predicted molar refractivity (Wildman–Crippen MR) is 87.3 cm³/mol. The zero-order valence-corrected chi connectivity index (χ0v) is 13.7. The molecule has 0 bridgehead atoms. The van der Waals surface area contributed by atoms with Crippen LogP contribution in [0.3, 0.4) is 0 Å². The summed E-state index contributed by atoms with van der Waals surface area (Å²) in [6, 6.07) is 4.32. The van der Waals surface area contributed by atoms with Gasteiger partial charge in [0.15, 0.2) is 0 Å². The van der Waals surface area contributed by atoms with Crippen molar-refractivity contribution >= 4 is 0 Å². The Bertz CT molecular complexity index is 445. The van der Waals surface area contributed by atoms with Gasteiger partial charge in [0.05, 0.1) is 6.61 Å². The van der Waals surface area contributed by atoms with E-state index in [0.29, 0.717) is 6.61 Å². The second kappa shape index (κ2) is 8.28. The third-order valence-corrected chi connectivity index (χ3v) is 3.90. The van der Waals surface area contributed by atoms with Gasteiger partial charge in [-0.15, -0.1) is 0 Å². The van der Waals surface area contributed by atoms with Gasteiger partial charge in [-0.05, 0) is 38.9 Å². The average Bonchev–Trinajstić information content (AvgIpc) is 2.82. The van der Waals surface area contributed by atoms with E-state index in [4.69, 9.17) is 9.47 Å². The highest BCUT2D eigenvalue weighted by molar-refractivity contribution is 5.48. The van der Waals surface area contributed by atoms with E-state index in [1.165, 1.54) is 36.8 Å². The molecule has 0 spiro atoms. The van der Waals surface area contributed by atoms with Gasteiger partial charge in [0.25, 0.3) is 0 Å². The molecule has 1 N–H and O–H groups in total. The Kier molecular flexibility index (Phi) is 6.37.